The third-order valence-corrected chi connectivity index (χ3v) is 1.51. The van der Waals surface area contributed by atoms with Crippen LogP contribution in [0.1, 0.15) is 16.1 Å². The fourth-order valence-corrected chi connectivity index (χ4v) is 0.940. The SMILES string of the molecule is [N-]=[N+]=Nc1ccnc(C(F)(F)F)c1C=O. The highest BCUT2D eigenvalue weighted by Crippen LogP contribution is 2.33. The Morgan fingerprint density at radius 1 is 1.53 bits per heavy atom. The summed E-state index contributed by atoms with van der Waals surface area (Å²) in [6.45, 7) is 0. The van der Waals surface area contributed by atoms with Gasteiger partial charge in [-0.05, 0) is 11.6 Å². The molecule has 5 nitrogen and oxygen atoms in total. The summed E-state index contributed by atoms with van der Waals surface area (Å²) in [4.78, 5) is 15.8. The highest BCUT2D eigenvalue weighted by Gasteiger charge is 2.36. The number of azide groups is 1. The molecule has 0 aliphatic carbocycles. The molecule has 0 fully saturated rings. The molecule has 0 radical (unpaired) electrons. The van der Waals surface area contributed by atoms with E-state index in [2.05, 4.69) is 15.0 Å². The van der Waals surface area contributed by atoms with E-state index >= 15 is 0 Å². The zero-order valence-corrected chi connectivity index (χ0v) is 7.06. The van der Waals surface area contributed by atoms with Crippen molar-refractivity contribution in [3.63, 3.8) is 0 Å². The van der Waals surface area contributed by atoms with Crippen LogP contribution in [0.15, 0.2) is 17.4 Å². The Kier molecular flexibility index (Phi) is 2.91. The molecule has 0 saturated heterocycles. The minimum atomic E-state index is -4.75. The number of nitrogens with zero attached hydrogens (tertiary/aromatic N) is 4. The van der Waals surface area contributed by atoms with E-state index in [4.69, 9.17) is 5.53 Å². The van der Waals surface area contributed by atoms with Crippen LogP contribution in [0.2, 0.25) is 0 Å². The molecule has 1 aromatic rings. The maximum atomic E-state index is 12.3. The van der Waals surface area contributed by atoms with Crippen molar-refractivity contribution in [3.05, 3.63) is 34.0 Å². The Morgan fingerprint density at radius 2 is 2.20 bits per heavy atom. The van der Waals surface area contributed by atoms with Crippen LogP contribution in [0, 0.1) is 0 Å². The zero-order chi connectivity index (χ0) is 11.5. The van der Waals surface area contributed by atoms with Crippen LogP contribution < -0.4 is 0 Å². The molecular formula is C7H3F3N4O. The standard InChI is InChI=1S/C7H3F3N4O/c8-7(9,10)6-4(3-15)5(13-14-11)1-2-12-6/h1-3H. The Labute approximate surface area is 81.2 Å². The van der Waals surface area contributed by atoms with Gasteiger partial charge in [0.2, 0.25) is 0 Å². The Balaban J connectivity index is 3.48. The van der Waals surface area contributed by atoms with Crippen LogP contribution in [-0.2, 0) is 6.18 Å². The molecule has 0 bridgehead atoms. The maximum absolute atomic E-state index is 12.3. The molecule has 0 spiro atoms. The number of carbonyl (C=O) groups excluding carboxylic acids is 1. The first-order chi connectivity index (χ1) is 7.00. The topological polar surface area (TPSA) is 78.7 Å². The molecule has 1 aromatic heterocycles. The third-order valence-electron chi connectivity index (χ3n) is 1.51. The second-order valence-corrected chi connectivity index (χ2v) is 2.40. The Bertz CT molecular complexity index is 436. The van der Waals surface area contributed by atoms with E-state index in [1.165, 1.54) is 0 Å². The molecule has 1 rings (SSSR count). The second kappa shape index (κ2) is 3.97. The van der Waals surface area contributed by atoms with Crippen molar-refractivity contribution in [2.45, 2.75) is 6.18 Å². The van der Waals surface area contributed by atoms with Crippen molar-refractivity contribution < 1.29 is 18.0 Å². The van der Waals surface area contributed by atoms with Crippen molar-refractivity contribution in [3.8, 4) is 0 Å². The largest absolute Gasteiger partial charge is 0.434 e. The molecule has 0 amide bonds. The van der Waals surface area contributed by atoms with Crippen molar-refractivity contribution in [2.24, 2.45) is 5.11 Å². The van der Waals surface area contributed by atoms with Gasteiger partial charge >= 0.3 is 6.18 Å². The van der Waals surface area contributed by atoms with E-state index in [0.29, 0.717) is 0 Å². The van der Waals surface area contributed by atoms with Gasteiger partial charge in [-0.3, -0.25) is 9.78 Å². The highest BCUT2D eigenvalue weighted by molar-refractivity contribution is 5.84. The fraction of sp³-hybridized carbons (Fsp3) is 0.143. The van der Waals surface area contributed by atoms with Crippen molar-refractivity contribution in [1.82, 2.24) is 4.98 Å². The molecule has 0 aliphatic rings. The van der Waals surface area contributed by atoms with Crippen LogP contribution in [0.5, 0.6) is 0 Å². The maximum Gasteiger partial charge on any atom is 0.434 e. The van der Waals surface area contributed by atoms with Gasteiger partial charge < -0.3 is 0 Å². The summed E-state index contributed by atoms with van der Waals surface area (Å²) in [6.07, 6.45) is -3.98. The summed E-state index contributed by atoms with van der Waals surface area (Å²) in [6, 6.07) is 1.03. The number of carbonyl (C=O) groups is 1. The molecule has 0 aromatic carbocycles. The summed E-state index contributed by atoms with van der Waals surface area (Å²) < 4.78 is 36.9. The van der Waals surface area contributed by atoms with Gasteiger partial charge in [-0.2, -0.15) is 13.2 Å². The van der Waals surface area contributed by atoms with Crippen LogP contribution in [0.3, 0.4) is 0 Å². The van der Waals surface area contributed by atoms with Crippen molar-refractivity contribution >= 4 is 12.0 Å². The number of pyridine rings is 1. The Hall–Kier alpha value is -2.08. The smallest absolute Gasteiger partial charge is 0.298 e. The van der Waals surface area contributed by atoms with Crippen LogP contribution >= 0.6 is 0 Å². The van der Waals surface area contributed by atoms with E-state index in [1.807, 2.05) is 0 Å². The quantitative estimate of drug-likeness (QED) is 0.329. The van der Waals surface area contributed by atoms with Gasteiger partial charge in [0.05, 0.1) is 11.3 Å². The third kappa shape index (κ3) is 2.23. The summed E-state index contributed by atoms with van der Waals surface area (Å²) in [5.41, 5.74) is 5.56. The lowest BCUT2D eigenvalue weighted by Gasteiger charge is -2.08. The molecule has 8 heteroatoms. The first-order valence-electron chi connectivity index (χ1n) is 3.57. The van der Waals surface area contributed by atoms with Gasteiger partial charge in [0.1, 0.15) is 0 Å². The summed E-state index contributed by atoms with van der Waals surface area (Å²) in [7, 11) is 0. The minimum Gasteiger partial charge on any atom is -0.298 e. The lowest BCUT2D eigenvalue weighted by Crippen LogP contribution is -2.11. The number of halogens is 3. The molecule has 15 heavy (non-hydrogen) atoms. The fourth-order valence-electron chi connectivity index (χ4n) is 0.940. The lowest BCUT2D eigenvalue weighted by atomic mass is 10.1. The number of aromatic nitrogens is 1. The number of hydrogen-bond acceptors (Lipinski definition) is 3. The normalized spacial score (nSPS) is 10.6. The number of hydrogen-bond donors (Lipinski definition) is 0. The average Bonchev–Trinajstić information content (AvgIpc) is 2.16. The highest BCUT2D eigenvalue weighted by atomic mass is 19.4. The molecule has 0 N–H and O–H groups in total. The first kappa shape index (κ1) is 11.0. The second-order valence-electron chi connectivity index (χ2n) is 2.40. The predicted octanol–water partition coefficient (Wildman–Crippen LogP) is 2.85. The molecule has 1 heterocycles. The van der Waals surface area contributed by atoms with Gasteiger partial charge in [-0.15, -0.1) is 0 Å². The summed E-state index contributed by atoms with van der Waals surface area (Å²) in [5.74, 6) is 0. The number of rotatable bonds is 2. The monoisotopic (exact) mass is 216 g/mol. The van der Waals surface area contributed by atoms with E-state index in [9.17, 15) is 18.0 Å². The van der Waals surface area contributed by atoms with Crippen LogP contribution in [0.25, 0.3) is 10.4 Å². The number of aldehydes is 1. The average molecular weight is 216 g/mol. The van der Waals surface area contributed by atoms with Gasteiger partial charge in [0.25, 0.3) is 0 Å². The van der Waals surface area contributed by atoms with E-state index in [-0.39, 0.29) is 6.29 Å². The van der Waals surface area contributed by atoms with Crippen molar-refractivity contribution in [2.75, 3.05) is 0 Å². The molecule has 0 atom stereocenters. The zero-order valence-electron chi connectivity index (χ0n) is 7.06. The molecular weight excluding hydrogens is 213 g/mol. The lowest BCUT2D eigenvalue weighted by molar-refractivity contribution is -0.141. The first-order valence-corrected chi connectivity index (χ1v) is 3.57. The molecule has 0 unspecified atom stereocenters. The van der Waals surface area contributed by atoms with Gasteiger partial charge in [-0.1, -0.05) is 5.11 Å². The van der Waals surface area contributed by atoms with Gasteiger partial charge in [0, 0.05) is 11.1 Å². The molecule has 78 valence electrons. The van der Waals surface area contributed by atoms with Gasteiger partial charge in [-0.25, -0.2) is 0 Å². The summed E-state index contributed by atoms with van der Waals surface area (Å²) >= 11 is 0. The Morgan fingerprint density at radius 3 is 2.67 bits per heavy atom. The molecule has 0 saturated carbocycles. The van der Waals surface area contributed by atoms with Crippen molar-refractivity contribution in [1.29, 1.82) is 0 Å². The predicted molar refractivity (Wildman–Crippen MR) is 43.4 cm³/mol. The van der Waals surface area contributed by atoms with Gasteiger partial charge in [0.15, 0.2) is 12.0 Å². The van der Waals surface area contributed by atoms with E-state index in [1.54, 1.807) is 0 Å². The van der Waals surface area contributed by atoms with E-state index < -0.39 is 23.1 Å². The van der Waals surface area contributed by atoms with Crippen LogP contribution in [0.4, 0.5) is 18.9 Å². The minimum absolute atomic E-state index is 0.0418. The molecule has 0 aliphatic heterocycles. The van der Waals surface area contributed by atoms with E-state index in [0.717, 1.165) is 12.3 Å². The van der Waals surface area contributed by atoms with Crippen LogP contribution in [-0.4, -0.2) is 11.3 Å². The number of alkyl halides is 3. The summed E-state index contributed by atoms with van der Waals surface area (Å²) in [5, 5.41) is 2.96.